The maximum absolute atomic E-state index is 12.8. The molecular weight excluding hydrogens is 288 g/mol. The number of halogens is 1. The lowest BCUT2D eigenvalue weighted by Gasteiger charge is -2.36. The van der Waals surface area contributed by atoms with Crippen molar-refractivity contribution < 1.29 is 4.79 Å². The Morgan fingerprint density at radius 1 is 1.44 bits per heavy atom. The molecule has 18 heavy (non-hydrogen) atoms. The van der Waals surface area contributed by atoms with Gasteiger partial charge in [-0.25, -0.2) is 0 Å². The maximum atomic E-state index is 12.8. The number of carbonyl (C=O) groups is 1. The van der Waals surface area contributed by atoms with Crippen molar-refractivity contribution >= 4 is 21.7 Å². The number of benzene rings is 1. The minimum Gasteiger partial charge on any atom is -0.294 e. The van der Waals surface area contributed by atoms with Gasteiger partial charge in [-0.05, 0) is 42.9 Å². The number of ketones is 1. The third kappa shape index (κ3) is 1.85. The molecule has 1 saturated carbocycles. The van der Waals surface area contributed by atoms with Crippen molar-refractivity contribution in [2.75, 3.05) is 0 Å². The highest BCUT2D eigenvalue weighted by Crippen LogP contribution is 2.49. The van der Waals surface area contributed by atoms with Crippen LogP contribution in [-0.2, 0) is 6.42 Å². The van der Waals surface area contributed by atoms with Crippen molar-refractivity contribution in [2.45, 2.75) is 45.4 Å². The Kier molecular flexibility index (Phi) is 3.09. The van der Waals surface area contributed by atoms with Crippen LogP contribution in [0, 0.1) is 11.3 Å². The molecule has 0 aliphatic heterocycles. The fourth-order valence-corrected chi connectivity index (χ4v) is 4.21. The normalized spacial score (nSPS) is 30.8. The van der Waals surface area contributed by atoms with E-state index in [-0.39, 0.29) is 5.41 Å². The summed E-state index contributed by atoms with van der Waals surface area (Å²) in [4.78, 5) is 12.8. The molecule has 2 heteroatoms. The van der Waals surface area contributed by atoms with Gasteiger partial charge in [0, 0.05) is 15.5 Å². The second-order valence-electron chi connectivity index (χ2n) is 5.96. The van der Waals surface area contributed by atoms with Crippen molar-refractivity contribution in [2.24, 2.45) is 11.3 Å². The summed E-state index contributed by atoms with van der Waals surface area (Å²) in [6.45, 7) is 2.26. The van der Waals surface area contributed by atoms with Crippen LogP contribution < -0.4 is 0 Å². The molecule has 1 aromatic carbocycles. The van der Waals surface area contributed by atoms with Crippen LogP contribution in [0.1, 0.15) is 54.9 Å². The second-order valence-corrected chi connectivity index (χ2v) is 6.87. The van der Waals surface area contributed by atoms with Crippen LogP contribution in [0.4, 0.5) is 0 Å². The van der Waals surface area contributed by atoms with Crippen molar-refractivity contribution in [1.29, 1.82) is 0 Å². The van der Waals surface area contributed by atoms with E-state index in [9.17, 15) is 4.79 Å². The van der Waals surface area contributed by atoms with Crippen molar-refractivity contribution in [3.8, 4) is 0 Å². The monoisotopic (exact) mass is 306 g/mol. The van der Waals surface area contributed by atoms with Crippen LogP contribution in [-0.4, -0.2) is 5.78 Å². The van der Waals surface area contributed by atoms with Gasteiger partial charge in [0.25, 0.3) is 0 Å². The zero-order valence-corrected chi connectivity index (χ0v) is 12.4. The lowest BCUT2D eigenvalue weighted by atomic mass is 9.67. The first-order valence-corrected chi connectivity index (χ1v) is 7.77. The van der Waals surface area contributed by atoms with Gasteiger partial charge in [-0.15, -0.1) is 0 Å². The SMILES string of the molecule is CCC1CCCC2(Cc3ccc(Br)cc3C2=O)C1. The number of rotatable bonds is 1. The highest BCUT2D eigenvalue weighted by Gasteiger charge is 2.47. The average molecular weight is 307 g/mol. The van der Waals surface area contributed by atoms with Crippen molar-refractivity contribution in [3.63, 3.8) is 0 Å². The summed E-state index contributed by atoms with van der Waals surface area (Å²) in [5.74, 6) is 1.16. The van der Waals surface area contributed by atoms with Crippen LogP contribution in [0.2, 0.25) is 0 Å². The number of carbonyl (C=O) groups excluding carboxylic acids is 1. The van der Waals surface area contributed by atoms with Gasteiger partial charge in [-0.2, -0.15) is 0 Å². The lowest BCUT2D eigenvalue weighted by molar-refractivity contribution is 0.0680. The smallest absolute Gasteiger partial charge is 0.169 e. The van der Waals surface area contributed by atoms with E-state index in [1.165, 1.54) is 24.8 Å². The molecule has 96 valence electrons. The Morgan fingerprint density at radius 3 is 3.06 bits per heavy atom. The lowest BCUT2D eigenvalue weighted by Crippen LogP contribution is -2.34. The fraction of sp³-hybridized carbons (Fsp3) is 0.562. The molecule has 1 nitrogen and oxygen atoms in total. The van der Waals surface area contributed by atoms with Gasteiger partial charge in [0.1, 0.15) is 0 Å². The molecule has 0 bridgehead atoms. The van der Waals surface area contributed by atoms with Crippen molar-refractivity contribution in [3.05, 3.63) is 33.8 Å². The van der Waals surface area contributed by atoms with Gasteiger partial charge in [0.05, 0.1) is 0 Å². The summed E-state index contributed by atoms with van der Waals surface area (Å²) >= 11 is 3.48. The van der Waals surface area contributed by atoms with E-state index < -0.39 is 0 Å². The highest BCUT2D eigenvalue weighted by molar-refractivity contribution is 9.10. The Balaban J connectivity index is 1.95. The molecule has 1 fully saturated rings. The summed E-state index contributed by atoms with van der Waals surface area (Å²) in [5, 5.41) is 0. The molecule has 2 unspecified atom stereocenters. The minimum atomic E-state index is -0.0535. The molecule has 1 spiro atoms. The summed E-state index contributed by atoms with van der Waals surface area (Å²) in [7, 11) is 0. The predicted molar refractivity (Wildman–Crippen MR) is 76.9 cm³/mol. The van der Waals surface area contributed by atoms with Gasteiger partial charge < -0.3 is 0 Å². The van der Waals surface area contributed by atoms with E-state index in [4.69, 9.17) is 0 Å². The first kappa shape index (κ1) is 12.4. The summed E-state index contributed by atoms with van der Waals surface area (Å²) in [6, 6.07) is 6.20. The average Bonchev–Trinajstić information content (AvgIpc) is 2.63. The van der Waals surface area contributed by atoms with E-state index in [2.05, 4.69) is 35.0 Å². The Morgan fingerprint density at radius 2 is 2.28 bits per heavy atom. The zero-order valence-electron chi connectivity index (χ0n) is 10.8. The van der Waals surface area contributed by atoms with Gasteiger partial charge in [0.15, 0.2) is 5.78 Å². The first-order chi connectivity index (χ1) is 8.64. The molecule has 0 heterocycles. The van der Waals surface area contributed by atoms with Crippen LogP contribution in [0.25, 0.3) is 0 Å². The minimum absolute atomic E-state index is 0.0535. The van der Waals surface area contributed by atoms with E-state index in [1.54, 1.807) is 0 Å². The molecule has 2 aliphatic rings. The van der Waals surface area contributed by atoms with E-state index in [0.29, 0.717) is 5.78 Å². The molecule has 2 atom stereocenters. The second kappa shape index (κ2) is 4.48. The molecule has 0 saturated heterocycles. The molecule has 2 aliphatic carbocycles. The van der Waals surface area contributed by atoms with E-state index in [1.807, 2.05) is 6.07 Å². The standard InChI is InChI=1S/C16H19BrO/c1-2-11-4-3-7-16(9-11)10-12-5-6-13(17)8-14(12)15(16)18/h5-6,8,11H,2-4,7,9-10H2,1H3. The number of hydrogen-bond donors (Lipinski definition) is 0. The molecule has 0 amide bonds. The molecule has 0 aromatic heterocycles. The number of hydrogen-bond acceptors (Lipinski definition) is 1. The summed E-state index contributed by atoms with van der Waals surface area (Å²) < 4.78 is 1.02. The largest absolute Gasteiger partial charge is 0.294 e. The van der Waals surface area contributed by atoms with Crippen LogP contribution in [0.5, 0.6) is 0 Å². The Bertz CT molecular complexity index is 494. The topological polar surface area (TPSA) is 17.1 Å². The zero-order chi connectivity index (χ0) is 12.8. The van der Waals surface area contributed by atoms with Crippen LogP contribution in [0.3, 0.4) is 0 Å². The molecule has 0 N–H and O–H groups in total. The molecule has 1 aromatic rings. The molecular formula is C16H19BrO. The van der Waals surface area contributed by atoms with Crippen LogP contribution in [0.15, 0.2) is 22.7 Å². The fourth-order valence-electron chi connectivity index (χ4n) is 3.85. The van der Waals surface area contributed by atoms with Gasteiger partial charge >= 0.3 is 0 Å². The van der Waals surface area contributed by atoms with Gasteiger partial charge in [0.2, 0.25) is 0 Å². The van der Waals surface area contributed by atoms with Gasteiger partial charge in [-0.1, -0.05) is 48.2 Å². The number of fused-ring (bicyclic) bond motifs is 1. The number of Topliss-reactive ketones (excluding diaryl/α,β-unsaturated/α-hetero) is 1. The Labute approximate surface area is 117 Å². The van der Waals surface area contributed by atoms with E-state index >= 15 is 0 Å². The molecule has 3 rings (SSSR count). The summed E-state index contributed by atoms with van der Waals surface area (Å²) in [5.41, 5.74) is 2.18. The first-order valence-electron chi connectivity index (χ1n) is 6.98. The van der Waals surface area contributed by atoms with E-state index in [0.717, 1.165) is 35.2 Å². The maximum Gasteiger partial charge on any atom is 0.169 e. The Hall–Kier alpha value is -0.630. The third-order valence-electron chi connectivity index (χ3n) is 4.85. The van der Waals surface area contributed by atoms with Crippen molar-refractivity contribution in [1.82, 2.24) is 0 Å². The third-order valence-corrected chi connectivity index (χ3v) is 5.34. The van der Waals surface area contributed by atoms with Crippen LogP contribution >= 0.6 is 15.9 Å². The van der Waals surface area contributed by atoms with Gasteiger partial charge in [-0.3, -0.25) is 4.79 Å². The summed E-state index contributed by atoms with van der Waals surface area (Å²) in [6.07, 6.45) is 6.92. The predicted octanol–water partition coefficient (Wildman–Crippen LogP) is 4.77. The quantitative estimate of drug-likeness (QED) is 0.730. The molecule has 0 radical (unpaired) electrons. The highest BCUT2D eigenvalue weighted by atomic mass is 79.9.